The van der Waals surface area contributed by atoms with Crippen molar-refractivity contribution in [2.45, 2.75) is 19.8 Å². The van der Waals surface area contributed by atoms with Gasteiger partial charge in [-0.05, 0) is 43.2 Å². The quantitative estimate of drug-likeness (QED) is 0.447. The first-order valence-electron chi connectivity index (χ1n) is 6.80. The van der Waals surface area contributed by atoms with E-state index in [4.69, 9.17) is 0 Å². The van der Waals surface area contributed by atoms with E-state index < -0.39 is 0 Å². The predicted octanol–water partition coefficient (Wildman–Crippen LogP) is 1.97. The molecule has 1 heterocycles. The lowest BCUT2D eigenvalue weighted by Gasteiger charge is -2.04. The highest BCUT2D eigenvalue weighted by atomic mass is 16.3. The largest absolute Gasteiger partial charge is 0.504 e. The number of carbonyl (C=O) groups is 1. The van der Waals surface area contributed by atoms with E-state index in [2.05, 4.69) is 15.5 Å². The summed E-state index contributed by atoms with van der Waals surface area (Å²) >= 11 is 0. The van der Waals surface area contributed by atoms with Crippen molar-refractivity contribution < 1.29 is 15.0 Å². The van der Waals surface area contributed by atoms with Crippen LogP contribution in [-0.2, 0) is 11.2 Å². The van der Waals surface area contributed by atoms with Crippen molar-refractivity contribution >= 4 is 11.6 Å². The number of phenolic OH excluding ortho intramolecular Hbond substituents is 2. The van der Waals surface area contributed by atoms with Crippen LogP contribution in [0.2, 0.25) is 0 Å². The minimum Gasteiger partial charge on any atom is -0.504 e. The van der Waals surface area contributed by atoms with Crippen LogP contribution in [-0.4, -0.2) is 26.8 Å². The number of hydrazone groups is 1. The SMILES string of the molecule is C/C(=N\NC(=O)CCc1ccc(O)c(O)c1)c1ccncc1. The number of rotatable bonds is 5. The first-order valence-corrected chi connectivity index (χ1v) is 6.80. The van der Waals surface area contributed by atoms with E-state index in [1.807, 2.05) is 12.1 Å². The lowest BCUT2D eigenvalue weighted by Crippen LogP contribution is -2.19. The predicted molar refractivity (Wildman–Crippen MR) is 82.7 cm³/mol. The van der Waals surface area contributed by atoms with Crippen molar-refractivity contribution in [3.05, 3.63) is 53.9 Å². The Morgan fingerprint density at radius 1 is 1.18 bits per heavy atom. The Bertz CT molecular complexity index is 684. The molecule has 2 aromatic rings. The first-order chi connectivity index (χ1) is 10.6. The molecule has 6 nitrogen and oxygen atoms in total. The Balaban J connectivity index is 1.86. The minimum atomic E-state index is -0.221. The van der Waals surface area contributed by atoms with Crippen molar-refractivity contribution in [2.24, 2.45) is 5.10 Å². The van der Waals surface area contributed by atoms with Gasteiger partial charge in [-0.15, -0.1) is 0 Å². The van der Waals surface area contributed by atoms with Crippen molar-refractivity contribution in [3.8, 4) is 11.5 Å². The molecule has 3 N–H and O–H groups in total. The molecule has 0 aliphatic rings. The summed E-state index contributed by atoms with van der Waals surface area (Å²) < 4.78 is 0. The van der Waals surface area contributed by atoms with Gasteiger partial charge in [-0.3, -0.25) is 9.78 Å². The molecule has 0 aliphatic heterocycles. The van der Waals surface area contributed by atoms with Crippen molar-refractivity contribution in [2.75, 3.05) is 0 Å². The Morgan fingerprint density at radius 3 is 2.59 bits per heavy atom. The zero-order chi connectivity index (χ0) is 15.9. The highest BCUT2D eigenvalue weighted by Crippen LogP contribution is 2.25. The Kier molecular flexibility index (Phi) is 5.08. The van der Waals surface area contributed by atoms with Gasteiger partial charge >= 0.3 is 0 Å². The molecule has 0 aliphatic carbocycles. The lowest BCUT2D eigenvalue weighted by atomic mass is 10.1. The number of nitrogens with one attached hydrogen (secondary N) is 1. The molecule has 0 saturated carbocycles. The van der Waals surface area contributed by atoms with Crippen LogP contribution in [0.1, 0.15) is 24.5 Å². The number of hydrogen-bond donors (Lipinski definition) is 3. The summed E-state index contributed by atoms with van der Waals surface area (Å²) in [4.78, 5) is 15.7. The minimum absolute atomic E-state index is 0.175. The molecule has 0 unspecified atom stereocenters. The Morgan fingerprint density at radius 2 is 1.91 bits per heavy atom. The Labute approximate surface area is 128 Å². The van der Waals surface area contributed by atoms with Crippen LogP contribution in [0.25, 0.3) is 0 Å². The molecular formula is C16H17N3O3. The van der Waals surface area contributed by atoms with Crippen molar-refractivity contribution in [3.63, 3.8) is 0 Å². The van der Waals surface area contributed by atoms with Gasteiger partial charge in [0.05, 0.1) is 5.71 Å². The van der Waals surface area contributed by atoms with Crippen LogP contribution in [0.15, 0.2) is 47.8 Å². The highest BCUT2D eigenvalue weighted by molar-refractivity contribution is 5.99. The third-order valence-corrected chi connectivity index (χ3v) is 3.13. The van der Waals surface area contributed by atoms with Crippen LogP contribution in [0.3, 0.4) is 0 Å². The van der Waals surface area contributed by atoms with Crippen molar-refractivity contribution in [1.82, 2.24) is 10.4 Å². The average Bonchev–Trinajstić information content (AvgIpc) is 2.54. The smallest absolute Gasteiger partial charge is 0.240 e. The summed E-state index contributed by atoms with van der Waals surface area (Å²) in [6.45, 7) is 1.80. The van der Waals surface area contributed by atoms with E-state index in [1.54, 1.807) is 25.4 Å². The maximum Gasteiger partial charge on any atom is 0.240 e. The number of pyridine rings is 1. The molecule has 114 valence electrons. The fourth-order valence-electron chi connectivity index (χ4n) is 1.84. The first kappa shape index (κ1) is 15.5. The van der Waals surface area contributed by atoms with E-state index in [0.717, 1.165) is 11.1 Å². The van der Waals surface area contributed by atoms with Gasteiger partial charge in [0.15, 0.2) is 11.5 Å². The van der Waals surface area contributed by atoms with Crippen LogP contribution < -0.4 is 5.43 Å². The van der Waals surface area contributed by atoms with Crippen LogP contribution in [0, 0.1) is 0 Å². The molecule has 0 spiro atoms. The zero-order valence-electron chi connectivity index (χ0n) is 12.2. The van der Waals surface area contributed by atoms with Gasteiger partial charge < -0.3 is 10.2 Å². The number of amides is 1. The molecule has 1 aromatic heterocycles. The Hall–Kier alpha value is -2.89. The van der Waals surface area contributed by atoms with Crippen LogP contribution in [0.4, 0.5) is 0 Å². The summed E-state index contributed by atoms with van der Waals surface area (Å²) in [6.07, 6.45) is 4.00. The molecule has 0 saturated heterocycles. The maximum atomic E-state index is 11.8. The van der Waals surface area contributed by atoms with Gasteiger partial charge in [0.2, 0.25) is 5.91 Å². The fraction of sp³-hybridized carbons (Fsp3) is 0.188. The summed E-state index contributed by atoms with van der Waals surface area (Å²) in [5, 5.41) is 22.7. The van der Waals surface area contributed by atoms with E-state index in [0.29, 0.717) is 12.1 Å². The number of carbonyl (C=O) groups excluding carboxylic acids is 1. The van der Waals surface area contributed by atoms with Gasteiger partial charge in [-0.2, -0.15) is 5.10 Å². The van der Waals surface area contributed by atoms with Crippen LogP contribution in [0.5, 0.6) is 11.5 Å². The second-order valence-corrected chi connectivity index (χ2v) is 4.79. The number of aryl methyl sites for hydroxylation is 1. The van der Waals surface area contributed by atoms with Gasteiger partial charge in [0.1, 0.15) is 0 Å². The van der Waals surface area contributed by atoms with Crippen LogP contribution >= 0.6 is 0 Å². The number of nitrogens with zero attached hydrogens (tertiary/aromatic N) is 2. The van der Waals surface area contributed by atoms with Gasteiger partial charge in [-0.1, -0.05) is 6.07 Å². The third-order valence-electron chi connectivity index (χ3n) is 3.13. The number of phenols is 2. The molecule has 0 bridgehead atoms. The van der Waals surface area contributed by atoms with Gasteiger partial charge in [-0.25, -0.2) is 5.43 Å². The summed E-state index contributed by atoms with van der Waals surface area (Å²) in [7, 11) is 0. The summed E-state index contributed by atoms with van der Waals surface area (Å²) in [5.74, 6) is -0.587. The van der Waals surface area contributed by atoms with Gasteiger partial charge in [0, 0.05) is 24.4 Å². The zero-order valence-corrected chi connectivity index (χ0v) is 12.2. The normalized spacial score (nSPS) is 11.2. The molecule has 0 radical (unpaired) electrons. The average molecular weight is 299 g/mol. The molecule has 6 heteroatoms. The molecule has 0 fully saturated rings. The molecule has 1 aromatic carbocycles. The van der Waals surface area contributed by atoms with E-state index in [1.165, 1.54) is 12.1 Å². The van der Waals surface area contributed by atoms with E-state index in [9.17, 15) is 15.0 Å². The molecule has 0 atom stereocenters. The molecular weight excluding hydrogens is 282 g/mol. The monoisotopic (exact) mass is 299 g/mol. The number of aromatic nitrogens is 1. The molecule has 2 rings (SSSR count). The topological polar surface area (TPSA) is 94.8 Å². The third kappa shape index (κ3) is 4.31. The second kappa shape index (κ2) is 7.21. The lowest BCUT2D eigenvalue weighted by molar-refractivity contribution is -0.121. The fourth-order valence-corrected chi connectivity index (χ4v) is 1.84. The number of hydrogen-bond acceptors (Lipinski definition) is 5. The van der Waals surface area contributed by atoms with E-state index in [-0.39, 0.29) is 23.8 Å². The summed E-state index contributed by atoms with van der Waals surface area (Å²) in [6, 6.07) is 8.12. The molecule has 22 heavy (non-hydrogen) atoms. The maximum absolute atomic E-state index is 11.8. The molecule has 1 amide bonds. The van der Waals surface area contributed by atoms with Gasteiger partial charge in [0.25, 0.3) is 0 Å². The second-order valence-electron chi connectivity index (χ2n) is 4.79. The van der Waals surface area contributed by atoms with E-state index >= 15 is 0 Å². The number of benzene rings is 1. The highest BCUT2D eigenvalue weighted by Gasteiger charge is 2.05. The van der Waals surface area contributed by atoms with Crippen molar-refractivity contribution in [1.29, 1.82) is 0 Å². The standard InChI is InChI=1S/C16H17N3O3/c1-11(13-6-8-17-9-7-13)18-19-16(22)5-3-12-2-4-14(20)15(21)10-12/h2,4,6-10,20-21H,3,5H2,1H3,(H,19,22)/b18-11+. The summed E-state index contributed by atoms with van der Waals surface area (Å²) in [5.41, 5.74) is 4.84. The number of aromatic hydroxyl groups is 2.